The molecule has 2 aromatic heterocycles. The zero-order chi connectivity index (χ0) is 32.4. The van der Waals surface area contributed by atoms with Crippen molar-refractivity contribution in [2.75, 3.05) is 27.1 Å². The van der Waals surface area contributed by atoms with Crippen LogP contribution in [0.2, 0.25) is 0 Å². The van der Waals surface area contributed by atoms with Gasteiger partial charge in [0.05, 0.1) is 55.6 Å². The number of nitro groups is 1. The molecule has 1 aliphatic rings. The van der Waals surface area contributed by atoms with Crippen LogP contribution in [0.5, 0.6) is 17.2 Å². The Morgan fingerprint density at radius 2 is 1.80 bits per heavy atom. The van der Waals surface area contributed by atoms with Gasteiger partial charge in [0.1, 0.15) is 11.1 Å². The van der Waals surface area contributed by atoms with Gasteiger partial charge in [-0.25, -0.2) is 14.7 Å². The van der Waals surface area contributed by atoms with Gasteiger partial charge in [0.25, 0.3) is 17.2 Å². The van der Waals surface area contributed by atoms with Crippen molar-refractivity contribution in [1.29, 1.82) is 0 Å². The molecule has 3 heterocycles. The number of carbonyl (C=O) groups is 1. The highest BCUT2D eigenvalue weighted by atomic mass is 32.2. The Morgan fingerprint density at radius 1 is 1.04 bits per heavy atom. The minimum absolute atomic E-state index is 0.0784. The molecule has 0 fully saturated rings. The van der Waals surface area contributed by atoms with Gasteiger partial charge in [-0.05, 0) is 48.0 Å². The molecule has 1 atom stereocenters. The minimum Gasteiger partial charge on any atom is -0.497 e. The molecule has 0 radical (unpaired) electrons. The lowest BCUT2D eigenvalue weighted by Crippen LogP contribution is -2.29. The van der Waals surface area contributed by atoms with E-state index >= 15 is 0 Å². The Bertz CT molecular complexity index is 2020. The molecule has 1 amide bonds. The lowest BCUT2D eigenvalue weighted by Gasteiger charge is -2.24. The molecule has 14 nitrogen and oxygen atoms in total. The molecule has 46 heavy (non-hydrogen) atoms. The van der Waals surface area contributed by atoms with Crippen molar-refractivity contribution < 1.29 is 23.9 Å². The van der Waals surface area contributed by atoms with Crippen molar-refractivity contribution in [1.82, 2.24) is 24.8 Å². The molecular weight excluding hydrogens is 614 g/mol. The zero-order valence-corrected chi connectivity index (χ0v) is 25.7. The van der Waals surface area contributed by atoms with E-state index in [9.17, 15) is 19.7 Å². The molecule has 1 aliphatic heterocycles. The number of amides is 1. The van der Waals surface area contributed by atoms with Crippen LogP contribution in [0.25, 0.3) is 16.7 Å². The smallest absolute Gasteiger partial charge is 0.269 e. The fraction of sp³-hybridized carbons (Fsp3) is 0.194. The lowest BCUT2D eigenvalue weighted by atomic mass is 9.97. The number of nitrogens with zero attached hydrogens (tertiary/aromatic N) is 6. The average molecular weight is 642 g/mol. The summed E-state index contributed by atoms with van der Waals surface area (Å²) in [4.78, 5) is 44.5. The maximum Gasteiger partial charge on any atom is 0.269 e. The number of hydrazone groups is 1. The number of rotatable bonds is 10. The van der Waals surface area contributed by atoms with Gasteiger partial charge >= 0.3 is 0 Å². The van der Waals surface area contributed by atoms with Crippen molar-refractivity contribution in [3.63, 3.8) is 0 Å². The maximum absolute atomic E-state index is 13.8. The van der Waals surface area contributed by atoms with Crippen molar-refractivity contribution in [2.45, 2.75) is 17.6 Å². The highest BCUT2D eigenvalue weighted by Crippen LogP contribution is 2.42. The number of hydrogen-bond acceptors (Lipinski definition) is 11. The number of methoxy groups -OCH3 is 3. The maximum atomic E-state index is 13.8. The van der Waals surface area contributed by atoms with E-state index in [1.807, 2.05) is 36.4 Å². The van der Waals surface area contributed by atoms with E-state index in [0.717, 1.165) is 22.9 Å². The van der Waals surface area contributed by atoms with Crippen molar-refractivity contribution >= 4 is 40.1 Å². The van der Waals surface area contributed by atoms with E-state index in [1.165, 1.54) is 40.2 Å². The van der Waals surface area contributed by atoms with Gasteiger partial charge in [0, 0.05) is 24.1 Å². The molecule has 3 aromatic carbocycles. The van der Waals surface area contributed by atoms with Crippen LogP contribution in [0.3, 0.4) is 0 Å². The summed E-state index contributed by atoms with van der Waals surface area (Å²) in [5.74, 6) is 1.31. The second-order valence-electron chi connectivity index (χ2n) is 10.0. The molecule has 0 bridgehead atoms. The number of nitro benzene ring substituents is 1. The number of thioether (sulfide) groups is 1. The van der Waals surface area contributed by atoms with Crippen LogP contribution in [-0.2, 0) is 4.79 Å². The summed E-state index contributed by atoms with van der Waals surface area (Å²) < 4.78 is 17.9. The number of H-pyrrole nitrogens is 1. The first-order chi connectivity index (χ1) is 22.3. The van der Waals surface area contributed by atoms with E-state index in [1.54, 1.807) is 27.4 Å². The normalized spacial score (nSPS) is 14.3. The van der Waals surface area contributed by atoms with Crippen LogP contribution < -0.4 is 19.8 Å². The first-order valence-electron chi connectivity index (χ1n) is 13.9. The predicted molar refractivity (Wildman–Crippen MR) is 170 cm³/mol. The van der Waals surface area contributed by atoms with E-state index in [0.29, 0.717) is 35.1 Å². The number of benzene rings is 3. The standard InChI is InChI=1S/C31H27N7O7S/c1-43-21-13-7-18(8-14-21)24-15-25(22-5-4-6-26(44-2)28(22)45-3)37(35-24)27(39)17-46-31-33-29-23(30(40)34-31)16-32-36(29)19-9-11-20(12-10-19)38(41)42/h4-14,16,25H,15,17H2,1-3H3,(H,33,34,40). The summed E-state index contributed by atoms with van der Waals surface area (Å²) in [7, 11) is 4.69. The van der Waals surface area contributed by atoms with Crippen LogP contribution in [0.15, 0.2) is 88.0 Å². The quantitative estimate of drug-likeness (QED) is 0.0992. The second kappa shape index (κ2) is 12.7. The Labute approximate surface area is 265 Å². The number of fused-ring (bicyclic) bond motifs is 1. The number of nitrogens with one attached hydrogen (secondary N) is 1. The molecule has 5 aromatic rings. The van der Waals surface area contributed by atoms with Crippen LogP contribution in [0, 0.1) is 10.1 Å². The molecule has 234 valence electrons. The van der Waals surface area contributed by atoms with Gasteiger partial charge in [-0.15, -0.1) is 0 Å². The van der Waals surface area contributed by atoms with E-state index in [2.05, 4.69) is 15.1 Å². The third-order valence-electron chi connectivity index (χ3n) is 7.44. The SMILES string of the molecule is COc1ccc(C2=NN(C(=O)CSc3nc4c(cnn4-c4ccc([N+](=O)[O-])cc4)c(=O)[nH]3)C(c3cccc(OC)c3OC)C2)cc1. The Balaban J connectivity index is 1.30. The van der Waals surface area contributed by atoms with Crippen molar-refractivity contribution in [2.24, 2.45) is 5.10 Å². The summed E-state index contributed by atoms with van der Waals surface area (Å²) in [6, 6.07) is 18.1. The Kier molecular flexibility index (Phi) is 8.39. The fourth-order valence-electron chi connectivity index (χ4n) is 5.18. The van der Waals surface area contributed by atoms with Gasteiger partial charge in [-0.1, -0.05) is 23.9 Å². The third kappa shape index (κ3) is 5.75. The fourth-order valence-corrected chi connectivity index (χ4v) is 5.89. The van der Waals surface area contributed by atoms with Crippen molar-refractivity contribution in [3.05, 3.63) is 105 Å². The van der Waals surface area contributed by atoms with E-state index in [4.69, 9.17) is 19.3 Å². The Morgan fingerprint density at radius 3 is 2.48 bits per heavy atom. The third-order valence-corrected chi connectivity index (χ3v) is 8.29. The van der Waals surface area contributed by atoms with E-state index < -0.39 is 16.5 Å². The molecular formula is C31H27N7O7S. The molecule has 0 aliphatic carbocycles. The number of hydrogen-bond donors (Lipinski definition) is 1. The topological polar surface area (TPSA) is 167 Å². The first-order valence-corrected chi connectivity index (χ1v) is 14.9. The second-order valence-corrected chi connectivity index (χ2v) is 11.0. The largest absolute Gasteiger partial charge is 0.497 e. The summed E-state index contributed by atoms with van der Waals surface area (Å²) in [5, 5.41) is 21.9. The van der Waals surface area contributed by atoms with Gasteiger partial charge in [0.15, 0.2) is 22.3 Å². The summed E-state index contributed by atoms with van der Waals surface area (Å²) in [6.07, 6.45) is 1.79. The van der Waals surface area contributed by atoms with Crippen LogP contribution in [0.1, 0.15) is 23.6 Å². The average Bonchev–Trinajstić information content (AvgIpc) is 3.72. The highest BCUT2D eigenvalue weighted by molar-refractivity contribution is 7.99. The molecule has 1 unspecified atom stereocenters. The monoisotopic (exact) mass is 641 g/mol. The van der Waals surface area contributed by atoms with Crippen molar-refractivity contribution in [3.8, 4) is 22.9 Å². The molecule has 6 rings (SSSR count). The van der Waals surface area contributed by atoms with Crippen LogP contribution in [0.4, 0.5) is 5.69 Å². The number of aromatic nitrogens is 4. The summed E-state index contributed by atoms with van der Waals surface area (Å²) >= 11 is 1.04. The summed E-state index contributed by atoms with van der Waals surface area (Å²) in [5.41, 5.74) is 2.49. The molecule has 1 N–H and O–H groups in total. The molecule has 0 saturated carbocycles. The number of aromatic amines is 1. The predicted octanol–water partition coefficient (Wildman–Crippen LogP) is 4.51. The molecule has 0 spiro atoms. The van der Waals surface area contributed by atoms with Gasteiger partial charge in [0.2, 0.25) is 0 Å². The highest BCUT2D eigenvalue weighted by Gasteiger charge is 2.35. The van der Waals surface area contributed by atoms with Crippen LogP contribution >= 0.6 is 11.8 Å². The zero-order valence-electron chi connectivity index (χ0n) is 24.9. The Hall–Kier alpha value is -5.70. The number of non-ortho nitro benzene ring substituents is 1. The van der Waals surface area contributed by atoms with E-state index in [-0.39, 0.29) is 33.5 Å². The number of carbonyl (C=O) groups excluding carboxylic acids is 1. The van der Waals surface area contributed by atoms with Gasteiger partial charge in [-0.3, -0.25) is 19.7 Å². The van der Waals surface area contributed by atoms with Gasteiger partial charge in [-0.2, -0.15) is 10.2 Å². The first kappa shape index (κ1) is 30.3. The number of ether oxygens (including phenoxy) is 3. The minimum atomic E-state index is -0.501. The van der Waals surface area contributed by atoms with Gasteiger partial charge < -0.3 is 19.2 Å². The molecule has 0 saturated heterocycles. The number of para-hydroxylation sites is 1. The van der Waals surface area contributed by atoms with Crippen LogP contribution in [-0.4, -0.2) is 68.4 Å². The summed E-state index contributed by atoms with van der Waals surface area (Å²) in [6.45, 7) is 0. The lowest BCUT2D eigenvalue weighted by molar-refractivity contribution is -0.384. The molecule has 15 heteroatoms.